The van der Waals surface area contributed by atoms with Crippen molar-refractivity contribution in [2.75, 3.05) is 38.3 Å². The van der Waals surface area contributed by atoms with Crippen LogP contribution in [0.15, 0.2) is 28.0 Å². The molecule has 1 amide bonds. The van der Waals surface area contributed by atoms with E-state index in [1.54, 1.807) is 19.3 Å². The molecule has 2 saturated heterocycles. The van der Waals surface area contributed by atoms with Gasteiger partial charge in [-0.25, -0.2) is 4.98 Å². The molecule has 0 bridgehead atoms. The van der Waals surface area contributed by atoms with E-state index in [0.717, 1.165) is 5.56 Å². The Morgan fingerprint density at radius 2 is 2.00 bits per heavy atom. The Kier molecular flexibility index (Phi) is 4.75. The number of hydrogen-bond acceptors (Lipinski definition) is 7. The van der Waals surface area contributed by atoms with Crippen LogP contribution >= 0.6 is 24.0 Å². The molecule has 2 fully saturated rings. The molecule has 0 aromatic carbocycles. The monoisotopic (exact) mass is 402 g/mol. The molecule has 9 heteroatoms. The summed E-state index contributed by atoms with van der Waals surface area (Å²) in [4.78, 5) is 34.3. The van der Waals surface area contributed by atoms with Crippen molar-refractivity contribution >= 4 is 51.7 Å². The first-order valence-corrected chi connectivity index (χ1v) is 9.75. The van der Waals surface area contributed by atoms with Gasteiger partial charge < -0.3 is 9.64 Å². The molecule has 4 heterocycles. The highest BCUT2D eigenvalue weighted by Gasteiger charge is 2.30. The summed E-state index contributed by atoms with van der Waals surface area (Å²) in [5, 5.41) is 0. The van der Waals surface area contributed by atoms with E-state index in [-0.39, 0.29) is 11.5 Å². The first kappa shape index (κ1) is 18.1. The lowest BCUT2D eigenvalue weighted by molar-refractivity contribution is -0.121. The van der Waals surface area contributed by atoms with Crippen LogP contribution in [0.25, 0.3) is 11.7 Å². The minimum absolute atomic E-state index is 0.202. The predicted molar refractivity (Wildman–Crippen MR) is 110 cm³/mol. The number of likely N-dealkylation sites (N-methyl/N-ethyl adjacent to an activating group) is 1. The zero-order chi connectivity index (χ0) is 19.1. The van der Waals surface area contributed by atoms with E-state index < -0.39 is 0 Å². The van der Waals surface area contributed by atoms with Crippen LogP contribution < -0.4 is 10.5 Å². The number of carbonyl (C=O) groups excluding carboxylic acids is 1. The lowest BCUT2D eigenvalue weighted by Crippen LogP contribution is -2.38. The zero-order valence-corrected chi connectivity index (χ0v) is 16.6. The number of hydrogen-bond donors (Lipinski definition) is 0. The smallest absolute Gasteiger partial charge is 0.267 e. The molecule has 0 unspecified atom stereocenters. The van der Waals surface area contributed by atoms with E-state index in [4.69, 9.17) is 21.9 Å². The summed E-state index contributed by atoms with van der Waals surface area (Å²) in [5.41, 5.74) is 1.73. The van der Waals surface area contributed by atoms with Crippen molar-refractivity contribution in [2.45, 2.75) is 6.92 Å². The normalized spacial score (nSPS) is 19.6. The average Bonchev–Trinajstić information content (AvgIpc) is 2.92. The second-order valence-corrected chi connectivity index (χ2v) is 8.10. The van der Waals surface area contributed by atoms with E-state index in [0.29, 0.717) is 52.6 Å². The number of morpholine rings is 1. The molecule has 0 N–H and O–H groups in total. The van der Waals surface area contributed by atoms with Gasteiger partial charge in [-0.3, -0.25) is 18.9 Å². The third kappa shape index (κ3) is 3.26. The Labute approximate surface area is 165 Å². The van der Waals surface area contributed by atoms with E-state index in [1.165, 1.54) is 21.1 Å². The van der Waals surface area contributed by atoms with Crippen LogP contribution in [0, 0.1) is 6.92 Å². The van der Waals surface area contributed by atoms with E-state index in [9.17, 15) is 9.59 Å². The van der Waals surface area contributed by atoms with E-state index in [2.05, 4.69) is 0 Å². The molecule has 27 heavy (non-hydrogen) atoms. The van der Waals surface area contributed by atoms with Crippen LogP contribution in [0.1, 0.15) is 11.1 Å². The van der Waals surface area contributed by atoms with Crippen molar-refractivity contribution in [2.24, 2.45) is 0 Å². The number of carbonyl (C=O) groups is 1. The predicted octanol–water partition coefficient (Wildman–Crippen LogP) is 1.67. The van der Waals surface area contributed by atoms with Gasteiger partial charge in [0.25, 0.3) is 11.5 Å². The molecule has 0 atom stereocenters. The Morgan fingerprint density at radius 1 is 1.26 bits per heavy atom. The van der Waals surface area contributed by atoms with Gasteiger partial charge >= 0.3 is 0 Å². The molecule has 0 aliphatic carbocycles. The number of fused-ring (bicyclic) bond motifs is 1. The second kappa shape index (κ2) is 7.06. The van der Waals surface area contributed by atoms with Gasteiger partial charge in [-0.15, -0.1) is 0 Å². The number of rotatable bonds is 2. The standard InChI is InChI=1S/C18H18N4O3S2/c1-11-3-4-14-19-15(21-5-7-25-8-6-21)12(16(23)22(14)10-11)9-13-17(24)20(2)18(26)27-13/h3-4,9-10H,5-8H2,1-2H3/b13-9-. The molecule has 2 aliphatic heterocycles. The maximum absolute atomic E-state index is 13.3. The Hall–Kier alpha value is -2.23. The Balaban J connectivity index is 1.93. The molecule has 140 valence electrons. The molecule has 7 nitrogen and oxygen atoms in total. The third-order valence-electron chi connectivity index (χ3n) is 4.56. The lowest BCUT2D eigenvalue weighted by atomic mass is 10.2. The second-order valence-electron chi connectivity index (χ2n) is 6.43. The fraction of sp³-hybridized carbons (Fsp3) is 0.333. The molecular weight excluding hydrogens is 384 g/mol. The number of pyridine rings is 1. The number of anilines is 1. The summed E-state index contributed by atoms with van der Waals surface area (Å²) in [5.74, 6) is 0.375. The summed E-state index contributed by atoms with van der Waals surface area (Å²) >= 11 is 6.40. The molecule has 0 radical (unpaired) electrons. The van der Waals surface area contributed by atoms with Crippen LogP contribution in [0.4, 0.5) is 5.82 Å². The number of aryl methyl sites for hydroxylation is 1. The molecule has 2 aromatic rings. The van der Waals surface area contributed by atoms with Crippen molar-refractivity contribution in [1.29, 1.82) is 0 Å². The number of thiocarbonyl (C=S) groups is 1. The van der Waals surface area contributed by atoms with Crippen molar-refractivity contribution in [1.82, 2.24) is 14.3 Å². The van der Waals surface area contributed by atoms with Gasteiger partial charge in [0.15, 0.2) is 0 Å². The van der Waals surface area contributed by atoms with Crippen LogP contribution in [0.2, 0.25) is 0 Å². The van der Waals surface area contributed by atoms with E-state index >= 15 is 0 Å². The minimum Gasteiger partial charge on any atom is -0.378 e. The minimum atomic E-state index is -0.202. The van der Waals surface area contributed by atoms with Gasteiger partial charge in [0.1, 0.15) is 15.8 Å². The summed E-state index contributed by atoms with van der Waals surface area (Å²) in [7, 11) is 1.64. The van der Waals surface area contributed by atoms with Crippen LogP contribution in [0.5, 0.6) is 0 Å². The number of amides is 1. The van der Waals surface area contributed by atoms with Gasteiger partial charge in [0, 0.05) is 26.3 Å². The van der Waals surface area contributed by atoms with Crippen LogP contribution in [-0.2, 0) is 9.53 Å². The maximum Gasteiger partial charge on any atom is 0.267 e. The third-order valence-corrected chi connectivity index (χ3v) is 6.04. The Bertz CT molecular complexity index is 1040. The fourth-order valence-corrected chi connectivity index (χ4v) is 4.23. The number of ether oxygens (including phenoxy) is 1. The summed E-state index contributed by atoms with van der Waals surface area (Å²) in [6.45, 7) is 4.36. The van der Waals surface area contributed by atoms with Crippen molar-refractivity contribution in [3.05, 3.63) is 44.7 Å². The zero-order valence-electron chi connectivity index (χ0n) is 15.0. The van der Waals surface area contributed by atoms with Gasteiger partial charge in [-0.2, -0.15) is 0 Å². The molecule has 4 rings (SSSR count). The number of aromatic nitrogens is 2. The molecule has 0 spiro atoms. The maximum atomic E-state index is 13.3. The first-order valence-electron chi connectivity index (χ1n) is 8.53. The topological polar surface area (TPSA) is 67.2 Å². The average molecular weight is 403 g/mol. The first-order chi connectivity index (χ1) is 13.0. The van der Waals surface area contributed by atoms with Crippen LogP contribution in [-0.4, -0.2) is 57.9 Å². The van der Waals surface area contributed by atoms with Gasteiger partial charge in [-0.1, -0.05) is 30.0 Å². The quantitative estimate of drug-likeness (QED) is 0.559. The van der Waals surface area contributed by atoms with Gasteiger partial charge in [-0.05, 0) is 24.6 Å². The molecular formula is C18H18N4O3S2. The Morgan fingerprint density at radius 3 is 2.67 bits per heavy atom. The van der Waals surface area contributed by atoms with E-state index in [1.807, 2.05) is 24.0 Å². The number of nitrogens with zero attached hydrogens (tertiary/aromatic N) is 4. The highest BCUT2D eigenvalue weighted by Crippen LogP contribution is 2.32. The molecule has 2 aliphatic rings. The van der Waals surface area contributed by atoms with Crippen LogP contribution in [0.3, 0.4) is 0 Å². The largest absolute Gasteiger partial charge is 0.378 e. The summed E-state index contributed by atoms with van der Waals surface area (Å²) < 4.78 is 7.42. The molecule has 0 saturated carbocycles. The lowest BCUT2D eigenvalue weighted by Gasteiger charge is -2.29. The molecule has 2 aromatic heterocycles. The summed E-state index contributed by atoms with van der Waals surface area (Å²) in [6.07, 6.45) is 3.38. The van der Waals surface area contributed by atoms with Gasteiger partial charge in [0.2, 0.25) is 0 Å². The van der Waals surface area contributed by atoms with Crippen molar-refractivity contribution in [3.8, 4) is 0 Å². The SMILES string of the molecule is Cc1ccc2nc(N3CCOCC3)c(/C=C3\SC(=S)N(C)C3=O)c(=O)n2c1. The number of thioether (sulfide) groups is 1. The highest BCUT2D eigenvalue weighted by molar-refractivity contribution is 8.26. The highest BCUT2D eigenvalue weighted by atomic mass is 32.2. The van der Waals surface area contributed by atoms with Gasteiger partial charge in [0.05, 0.1) is 23.7 Å². The fourth-order valence-electron chi connectivity index (χ4n) is 3.07. The van der Waals surface area contributed by atoms with Crippen molar-refractivity contribution < 1.29 is 9.53 Å². The van der Waals surface area contributed by atoms with Crippen molar-refractivity contribution in [3.63, 3.8) is 0 Å². The summed E-state index contributed by atoms with van der Waals surface area (Å²) in [6, 6.07) is 3.75.